The van der Waals surface area contributed by atoms with Crippen molar-refractivity contribution in [2.45, 2.75) is 26.0 Å². The van der Waals surface area contributed by atoms with Crippen molar-refractivity contribution < 1.29 is 18.7 Å². The number of cyclic esters (lactones) is 1. The standard InChI is InChI=1S/C14H19FN2O3/c1-3-16-9(2)12-5-4-10(15)6-13(12)19-8-11-7-17-14(18)20-11/h4-6,9,11,16H,3,7-8H2,1-2H3,(H,17,18). The maximum absolute atomic E-state index is 13.4. The predicted molar refractivity (Wildman–Crippen MR) is 72.3 cm³/mol. The van der Waals surface area contributed by atoms with E-state index >= 15 is 0 Å². The van der Waals surface area contributed by atoms with Crippen LogP contribution in [0.4, 0.5) is 9.18 Å². The molecule has 0 aliphatic carbocycles. The quantitative estimate of drug-likeness (QED) is 0.837. The molecule has 110 valence electrons. The summed E-state index contributed by atoms with van der Waals surface area (Å²) in [5.41, 5.74) is 0.880. The van der Waals surface area contributed by atoms with Gasteiger partial charge in [-0.2, -0.15) is 0 Å². The van der Waals surface area contributed by atoms with Gasteiger partial charge in [-0.1, -0.05) is 13.0 Å². The van der Waals surface area contributed by atoms with Crippen LogP contribution in [0, 0.1) is 5.82 Å². The van der Waals surface area contributed by atoms with Crippen LogP contribution in [0.5, 0.6) is 5.75 Å². The van der Waals surface area contributed by atoms with Gasteiger partial charge >= 0.3 is 6.09 Å². The number of ether oxygens (including phenoxy) is 2. The zero-order chi connectivity index (χ0) is 14.5. The molecule has 0 saturated carbocycles. The highest BCUT2D eigenvalue weighted by molar-refractivity contribution is 5.69. The van der Waals surface area contributed by atoms with Gasteiger partial charge in [0.2, 0.25) is 0 Å². The maximum Gasteiger partial charge on any atom is 0.407 e. The molecule has 1 aromatic rings. The molecule has 2 atom stereocenters. The number of nitrogens with one attached hydrogen (secondary N) is 2. The largest absolute Gasteiger partial charge is 0.489 e. The summed E-state index contributed by atoms with van der Waals surface area (Å²) in [5.74, 6) is 0.121. The molecule has 5 nitrogen and oxygen atoms in total. The molecule has 2 unspecified atom stereocenters. The SMILES string of the molecule is CCNC(C)c1ccc(F)cc1OCC1CNC(=O)O1. The van der Waals surface area contributed by atoms with Crippen molar-refractivity contribution in [3.63, 3.8) is 0 Å². The van der Waals surface area contributed by atoms with Crippen molar-refractivity contribution in [3.8, 4) is 5.75 Å². The minimum absolute atomic E-state index is 0.0554. The Morgan fingerprint density at radius 3 is 3.05 bits per heavy atom. The van der Waals surface area contributed by atoms with Crippen molar-refractivity contribution in [2.75, 3.05) is 19.7 Å². The number of halogens is 1. The Kier molecular flexibility index (Phi) is 4.79. The number of rotatable bonds is 6. The summed E-state index contributed by atoms with van der Waals surface area (Å²) in [6.45, 7) is 5.41. The lowest BCUT2D eigenvalue weighted by molar-refractivity contribution is 0.104. The van der Waals surface area contributed by atoms with Gasteiger partial charge in [0.05, 0.1) is 6.54 Å². The molecule has 0 bridgehead atoms. The summed E-state index contributed by atoms with van der Waals surface area (Å²) in [7, 11) is 0. The summed E-state index contributed by atoms with van der Waals surface area (Å²) in [6, 6.07) is 4.53. The van der Waals surface area contributed by atoms with Crippen molar-refractivity contribution in [1.29, 1.82) is 0 Å². The molecule has 6 heteroatoms. The zero-order valence-corrected chi connectivity index (χ0v) is 11.6. The normalized spacial score (nSPS) is 19.4. The minimum atomic E-state index is -0.445. The monoisotopic (exact) mass is 282 g/mol. The van der Waals surface area contributed by atoms with Gasteiger partial charge in [-0.25, -0.2) is 9.18 Å². The number of benzene rings is 1. The molecule has 0 spiro atoms. The van der Waals surface area contributed by atoms with Gasteiger partial charge in [0.1, 0.15) is 18.2 Å². The molecule has 1 aliphatic heterocycles. The van der Waals surface area contributed by atoms with E-state index in [-0.39, 0.29) is 24.6 Å². The molecule has 2 rings (SSSR count). The Labute approximate surface area is 117 Å². The zero-order valence-electron chi connectivity index (χ0n) is 11.6. The molecular formula is C14H19FN2O3. The summed E-state index contributed by atoms with van der Waals surface area (Å²) >= 11 is 0. The van der Waals surface area contributed by atoms with Crippen LogP contribution >= 0.6 is 0 Å². The number of carbonyl (C=O) groups excluding carboxylic acids is 1. The smallest absolute Gasteiger partial charge is 0.407 e. The topological polar surface area (TPSA) is 59.6 Å². The third kappa shape index (κ3) is 3.60. The molecule has 20 heavy (non-hydrogen) atoms. The average molecular weight is 282 g/mol. The highest BCUT2D eigenvalue weighted by Crippen LogP contribution is 2.26. The Balaban J connectivity index is 2.05. The van der Waals surface area contributed by atoms with Crippen LogP contribution < -0.4 is 15.4 Å². The van der Waals surface area contributed by atoms with E-state index in [1.165, 1.54) is 12.1 Å². The molecular weight excluding hydrogens is 263 g/mol. The third-order valence-corrected chi connectivity index (χ3v) is 3.12. The molecule has 0 aromatic heterocycles. The lowest BCUT2D eigenvalue weighted by Gasteiger charge is -2.18. The number of alkyl carbamates (subject to hydrolysis) is 1. The maximum atomic E-state index is 13.4. The van der Waals surface area contributed by atoms with E-state index in [2.05, 4.69) is 10.6 Å². The summed E-state index contributed by atoms with van der Waals surface area (Å²) in [6.07, 6.45) is -0.785. The van der Waals surface area contributed by atoms with Crippen LogP contribution in [0.3, 0.4) is 0 Å². The molecule has 1 fully saturated rings. The van der Waals surface area contributed by atoms with E-state index in [0.717, 1.165) is 12.1 Å². The number of carbonyl (C=O) groups is 1. The van der Waals surface area contributed by atoms with Crippen molar-refractivity contribution in [2.24, 2.45) is 0 Å². The van der Waals surface area contributed by atoms with E-state index in [4.69, 9.17) is 9.47 Å². The fraction of sp³-hybridized carbons (Fsp3) is 0.500. The van der Waals surface area contributed by atoms with E-state index in [9.17, 15) is 9.18 Å². The van der Waals surface area contributed by atoms with Crippen LogP contribution in [0.1, 0.15) is 25.5 Å². The second-order valence-electron chi connectivity index (χ2n) is 4.68. The Hall–Kier alpha value is -1.82. The summed E-state index contributed by atoms with van der Waals surface area (Å²) in [5, 5.41) is 5.80. The van der Waals surface area contributed by atoms with Gasteiger partial charge in [0.15, 0.2) is 6.10 Å². The second-order valence-corrected chi connectivity index (χ2v) is 4.68. The van der Waals surface area contributed by atoms with Gasteiger partial charge in [0.25, 0.3) is 0 Å². The first-order chi connectivity index (χ1) is 9.60. The first-order valence-corrected chi connectivity index (χ1v) is 6.70. The van der Waals surface area contributed by atoms with Gasteiger partial charge in [-0.05, 0) is 19.5 Å². The van der Waals surface area contributed by atoms with Gasteiger partial charge in [-0.15, -0.1) is 0 Å². The lowest BCUT2D eigenvalue weighted by Crippen LogP contribution is -2.23. The average Bonchev–Trinajstić information content (AvgIpc) is 2.82. The van der Waals surface area contributed by atoms with E-state index < -0.39 is 6.09 Å². The second kappa shape index (κ2) is 6.56. The minimum Gasteiger partial charge on any atom is -0.489 e. The first kappa shape index (κ1) is 14.6. The van der Waals surface area contributed by atoms with Gasteiger partial charge < -0.3 is 20.1 Å². The van der Waals surface area contributed by atoms with Crippen molar-refractivity contribution in [1.82, 2.24) is 10.6 Å². The Morgan fingerprint density at radius 2 is 2.40 bits per heavy atom. The van der Waals surface area contributed by atoms with Crippen LogP contribution in [-0.4, -0.2) is 31.9 Å². The van der Waals surface area contributed by atoms with Crippen molar-refractivity contribution >= 4 is 6.09 Å². The van der Waals surface area contributed by atoms with Gasteiger partial charge in [-0.3, -0.25) is 0 Å². The molecule has 1 aliphatic rings. The molecule has 2 N–H and O–H groups in total. The highest BCUT2D eigenvalue weighted by atomic mass is 19.1. The Morgan fingerprint density at radius 1 is 1.60 bits per heavy atom. The van der Waals surface area contributed by atoms with E-state index in [0.29, 0.717) is 12.3 Å². The molecule has 1 amide bonds. The van der Waals surface area contributed by atoms with Crippen LogP contribution in [-0.2, 0) is 4.74 Å². The Bertz CT molecular complexity index is 481. The lowest BCUT2D eigenvalue weighted by atomic mass is 10.1. The summed E-state index contributed by atoms with van der Waals surface area (Å²) in [4.78, 5) is 10.9. The predicted octanol–water partition coefficient (Wildman–Crippen LogP) is 1.98. The summed E-state index contributed by atoms with van der Waals surface area (Å²) < 4.78 is 24.0. The number of amides is 1. The van der Waals surface area contributed by atoms with Crippen molar-refractivity contribution in [3.05, 3.63) is 29.6 Å². The molecule has 1 saturated heterocycles. The number of hydrogen-bond donors (Lipinski definition) is 2. The highest BCUT2D eigenvalue weighted by Gasteiger charge is 2.23. The van der Waals surface area contributed by atoms with E-state index in [1.54, 1.807) is 6.07 Å². The fourth-order valence-corrected chi connectivity index (χ4v) is 2.11. The first-order valence-electron chi connectivity index (χ1n) is 6.70. The number of hydrogen-bond acceptors (Lipinski definition) is 4. The fourth-order valence-electron chi connectivity index (χ4n) is 2.11. The molecule has 1 heterocycles. The van der Waals surface area contributed by atoms with Crippen LogP contribution in [0.15, 0.2) is 18.2 Å². The van der Waals surface area contributed by atoms with Crippen LogP contribution in [0.25, 0.3) is 0 Å². The molecule has 1 aromatic carbocycles. The van der Waals surface area contributed by atoms with E-state index in [1.807, 2.05) is 13.8 Å². The van der Waals surface area contributed by atoms with Crippen LogP contribution in [0.2, 0.25) is 0 Å². The third-order valence-electron chi connectivity index (χ3n) is 3.12. The van der Waals surface area contributed by atoms with Gasteiger partial charge in [0, 0.05) is 17.7 Å². The molecule has 0 radical (unpaired) electrons.